The zero-order chi connectivity index (χ0) is 11.4. The Balaban J connectivity index is 1.96. The smallest absolute Gasteiger partial charge is 0.0539 e. The summed E-state index contributed by atoms with van der Waals surface area (Å²) in [4.78, 5) is 4.13. The molecule has 0 aromatic carbocycles. The predicted octanol–water partition coefficient (Wildman–Crippen LogP) is 2.22. The Kier molecular flexibility index (Phi) is 3.19. The zero-order valence-electron chi connectivity index (χ0n) is 9.64. The van der Waals surface area contributed by atoms with Gasteiger partial charge in [-0.25, -0.2) is 0 Å². The fraction of sp³-hybridized carbons (Fsp3) is 0.333. The third-order valence-corrected chi connectivity index (χ3v) is 2.38. The van der Waals surface area contributed by atoms with E-state index in [-0.39, 0.29) is 0 Å². The first-order valence-electron chi connectivity index (χ1n) is 5.45. The van der Waals surface area contributed by atoms with Gasteiger partial charge in [-0.15, -0.1) is 0 Å². The maximum atomic E-state index is 4.23. The molecule has 0 radical (unpaired) electrons. The number of nitrogens with one attached hydrogen (secondary N) is 1. The van der Waals surface area contributed by atoms with Crippen molar-refractivity contribution in [1.29, 1.82) is 0 Å². The van der Waals surface area contributed by atoms with Crippen LogP contribution in [-0.2, 0) is 13.1 Å². The lowest BCUT2D eigenvalue weighted by Gasteiger charge is -2.04. The van der Waals surface area contributed by atoms with Crippen LogP contribution in [-0.4, -0.2) is 14.8 Å². The number of aryl methyl sites for hydroxylation is 2. The highest BCUT2D eigenvalue weighted by atomic mass is 15.3. The van der Waals surface area contributed by atoms with Gasteiger partial charge in [-0.3, -0.25) is 9.67 Å². The molecular formula is C12H16N4. The van der Waals surface area contributed by atoms with Crippen LogP contribution in [0.3, 0.4) is 0 Å². The summed E-state index contributed by atoms with van der Waals surface area (Å²) in [5.41, 5.74) is 3.39. The summed E-state index contributed by atoms with van der Waals surface area (Å²) in [5, 5.41) is 7.55. The monoisotopic (exact) mass is 216 g/mol. The number of hydrogen-bond acceptors (Lipinski definition) is 3. The van der Waals surface area contributed by atoms with E-state index in [0.29, 0.717) is 0 Å². The van der Waals surface area contributed by atoms with Crippen molar-refractivity contribution in [2.45, 2.75) is 26.9 Å². The van der Waals surface area contributed by atoms with Gasteiger partial charge in [0.2, 0.25) is 0 Å². The molecule has 1 N–H and O–H groups in total. The Morgan fingerprint density at radius 1 is 1.31 bits per heavy atom. The van der Waals surface area contributed by atoms with E-state index in [9.17, 15) is 0 Å². The van der Waals surface area contributed by atoms with Crippen LogP contribution < -0.4 is 5.32 Å². The molecule has 84 valence electrons. The van der Waals surface area contributed by atoms with Gasteiger partial charge in [-0.1, -0.05) is 0 Å². The normalized spacial score (nSPS) is 10.4. The van der Waals surface area contributed by atoms with E-state index < -0.39 is 0 Å². The van der Waals surface area contributed by atoms with Gasteiger partial charge in [-0.05, 0) is 25.5 Å². The van der Waals surface area contributed by atoms with Crippen molar-refractivity contribution in [1.82, 2.24) is 14.8 Å². The fourth-order valence-electron chi connectivity index (χ4n) is 1.53. The SMILES string of the molecule is CCn1cc(CNc2cncc(C)c2)cn1. The highest BCUT2D eigenvalue weighted by molar-refractivity contribution is 5.42. The van der Waals surface area contributed by atoms with E-state index in [4.69, 9.17) is 0 Å². The summed E-state index contributed by atoms with van der Waals surface area (Å²) in [7, 11) is 0. The van der Waals surface area contributed by atoms with Gasteiger partial charge in [0.1, 0.15) is 0 Å². The second-order valence-electron chi connectivity index (χ2n) is 3.81. The Morgan fingerprint density at radius 2 is 2.19 bits per heavy atom. The zero-order valence-corrected chi connectivity index (χ0v) is 9.64. The first-order chi connectivity index (χ1) is 7.78. The largest absolute Gasteiger partial charge is 0.380 e. The minimum atomic E-state index is 0.783. The van der Waals surface area contributed by atoms with Crippen molar-refractivity contribution in [3.05, 3.63) is 42.0 Å². The Morgan fingerprint density at radius 3 is 2.88 bits per heavy atom. The molecule has 0 atom stereocenters. The lowest BCUT2D eigenvalue weighted by atomic mass is 10.3. The molecule has 4 nitrogen and oxygen atoms in total. The molecule has 2 heterocycles. The topological polar surface area (TPSA) is 42.7 Å². The number of pyridine rings is 1. The molecule has 4 heteroatoms. The van der Waals surface area contributed by atoms with Crippen molar-refractivity contribution in [2.24, 2.45) is 0 Å². The standard InChI is InChI=1S/C12H16N4/c1-3-16-9-11(7-15-16)6-14-12-4-10(2)5-13-8-12/h4-5,7-9,14H,3,6H2,1-2H3. The Bertz CT molecular complexity index is 462. The highest BCUT2D eigenvalue weighted by Crippen LogP contribution is 2.09. The molecular weight excluding hydrogens is 200 g/mol. The minimum absolute atomic E-state index is 0.783. The Hall–Kier alpha value is -1.84. The van der Waals surface area contributed by atoms with Gasteiger partial charge in [-0.2, -0.15) is 5.10 Å². The molecule has 0 bridgehead atoms. The predicted molar refractivity (Wildman–Crippen MR) is 64.2 cm³/mol. The lowest BCUT2D eigenvalue weighted by Crippen LogP contribution is -1.99. The summed E-state index contributed by atoms with van der Waals surface area (Å²) in [6, 6.07) is 2.08. The molecule has 0 aliphatic heterocycles. The first-order valence-corrected chi connectivity index (χ1v) is 5.45. The number of aromatic nitrogens is 3. The second kappa shape index (κ2) is 4.79. The van der Waals surface area contributed by atoms with Gasteiger partial charge in [0.15, 0.2) is 0 Å². The van der Waals surface area contributed by atoms with Crippen LogP contribution in [0, 0.1) is 6.92 Å². The number of anilines is 1. The third kappa shape index (κ3) is 2.59. The van der Waals surface area contributed by atoms with Crippen molar-refractivity contribution in [3.63, 3.8) is 0 Å². The van der Waals surface area contributed by atoms with E-state index in [2.05, 4.69) is 34.6 Å². The van der Waals surface area contributed by atoms with Crippen molar-refractivity contribution < 1.29 is 0 Å². The number of rotatable bonds is 4. The van der Waals surface area contributed by atoms with Gasteiger partial charge in [0, 0.05) is 37.2 Å². The van der Waals surface area contributed by atoms with Crippen LogP contribution in [0.4, 0.5) is 5.69 Å². The van der Waals surface area contributed by atoms with E-state index in [1.54, 1.807) is 0 Å². The third-order valence-electron chi connectivity index (χ3n) is 2.38. The van der Waals surface area contributed by atoms with Gasteiger partial charge < -0.3 is 5.32 Å². The molecule has 0 aliphatic carbocycles. The van der Waals surface area contributed by atoms with E-state index in [0.717, 1.165) is 24.3 Å². The van der Waals surface area contributed by atoms with Crippen LogP contribution >= 0.6 is 0 Å². The quantitative estimate of drug-likeness (QED) is 0.852. The molecule has 0 saturated heterocycles. The van der Waals surface area contributed by atoms with Crippen LogP contribution in [0.25, 0.3) is 0 Å². The van der Waals surface area contributed by atoms with Crippen molar-refractivity contribution in [3.8, 4) is 0 Å². The van der Waals surface area contributed by atoms with Crippen molar-refractivity contribution >= 4 is 5.69 Å². The highest BCUT2D eigenvalue weighted by Gasteiger charge is 1.98. The average Bonchev–Trinajstić information content (AvgIpc) is 2.74. The molecule has 0 aliphatic rings. The molecule has 16 heavy (non-hydrogen) atoms. The molecule has 0 saturated carbocycles. The molecule has 0 spiro atoms. The second-order valence-corrected chi connectivity index (χ2v) is 3.81. The fourth-order valence-corrected chi connectivity index (χ4v) is 1.53. The van der Waals surface area contributed by atoms with Gasteiger partial charge in [0.25, 0.3) is 0 Å². The maximum Gasteiger partial charge on any atom is 0.0539 e. The van der Waals surface area contributed by atoms with Crippen LogP contribution in [0.2, 0.25) is 0 Å². The number of hydrogen-bond donors (Lipinski definition) is 1. The molecule has 0 unspecified atom stereocenters. The molecule has 2 aromatic heterocycles. The molecule has 2 rings (SSSR count). The summed E-state index contributed by atoms with van der Waals surface area (Å²) >= 11 is 0. The lowest BCUT2D eigenvalue weighted by molar-refractivity contribution is 0.659. The number of nitrogens with zero attached hydrogens (tertiary/aromatic N) is 3. The van der Waals surface area contributed by atoms with Gasteiger partial charge in [0.05, 0.1) is 11.9 Å². The van der Waals surface area contributed by atoms with E-state index in [1.165, 1.54) is 5.56 Å². The summed E-state index contributed by atoms with van der Waals surface area (Å²) in [5.74, 6) is 0. The van der Waals surface area contributed by atoms with Gasteiger partial charge >= 0.3 is 0 Å². The van der Waals surface area contributed by atoms with E-state index in [1.807, 2.05) is 30.2 Å². The average molecular weight is 216 g/mol. The minimum Gasteiger partial charge on any atom is -0.380 e. The summed E-state index contributed by atoms with van der Waals surface area (Å²) in [6.07, 6.45) is 7.62. The molecule has 2 aromatic rings. The summed E-state index contributed by atoms with van der Waals surface area (Å²) < 4.78 is 1.92. The molecule has 0 amide bonds. The van der Waals surface area contributed by atoms with Crippen LogP contribution in [0.1, 0.15) is 18.1 Å². The van der Waals surface area contributed by atoms with E-state index >= 15 is 0 Å². The summed E-state index contributed by atoms with van der Waals surface area (Å²) in [6.45, 7) is 5.80. The van der Waals surface area contributed by atoms with Crippen LogP contribution in [0.15, 0.2) is 30.9 Å². The maximum absolute atomic E-state index is 4.23. The van der Waals surface area contributed by atoms with Crippen molar-refractivity contribution in [2.75, 3.05) is 5.32 Å². The Labute approximate surface area is 95.3 Å². The molecule has 0 fully saturated rings. The first kappa shape index (κ1) is 10.7. The van der Waals surface area contributed by atoms with Crippen LogP contribution in [0.5, 0.6) is 0 Å².